The highest BCUT2D eigenvalue weighted by atomic mass is 16.5. The lowest BCUT2D eigenvalue weighted by molar-refractivity contribution is -0.135. The molecule has 0 saturated carbocycles. The van der Waals surface area contributed by atoms with Crippen LogP contribution in [0, 0.1) is 0 Å². The maximum absolute atomic E-state index is 11.6. The molecule has 0 unspecified atom stereocenters. The molecule has 6 nitrogen and oxygen atoms in total. The van der Waals surface area contributed by atoms with Gasteiger partial charge in [-0.2, -0.15) is 0 Å². The van der Waals surface area contributed by atoms with Crippen molar-refractivity contribution in [2.45, 2.75) is 13.3 Å². The number of ether oxygens (including phenoxy) is 1. The van der Waals surface area contributed by atoms with Gasteiger partial charge in [-0.05, 0) is 6.42 Å². The average Bonchev–Trinajstić information content (AvgIpc) is 2.46. The number of carbonyl (C=O) groups is 2. The first-order valence-corrected chi connectivity index (χ1v) is 4.55. The third-order valence-electron chi connectivity index (χ3n) is 1.88. The molecule has 82 valence electrons. The van der Waals surface area contributed by atoms with Crippen LogP contribution in [0.2, 0.25) is 0 Å². The number of guanidine groups is 1. The first-order valence-electron chi connectivity index (χ1n) is 4.55. The minimum absolute atomic E-state index is 0.0211. The second-order valence-electron chi connectivity index (χ2n) is 2.98. The van der Waals surface area contributed by atoms with Gasteiger partial charge in [0.2, 0.25) is 5.96 Å². The molecule has 15 heavy (non-hydrogen) atoms. The van der Waals surface area contributed by atoms with Gasteiger partial charge in [-0.15, -0.1) is 0 Å². The smallest absolute Gasteiger partial charge is 0.332 e. The van der Waals surface area contributed by atoms with Crippen molar-refractivity contribution >= 4 is 17.8 Å². The van der Waals surface area contributed by atoms with Crippen LogP contribution in [-0.2, 0) is 14.3 Å². The number of rotatable bonds is 3. The number of esters is 1. The summed E-state index contributed by atoms with van der Waals surface area (Å²) in [6.07, 6.45) is 1.80. The quantitative estimate of drug-likeness (QED) is 0.509. The number of amides is 1. The Labute approximate surface area is 87.4 Å². The number of hydrogen-bond donors (Lipinski definition) is 1. The number of aliphatic imine (C=N–C) groups is 1. The topological polar surface area (TPSA) is 85.0 Å². The maximum atomic E-state index is 11.6. The van der Waals surface area contributed by atoms with Crippen LogP contribution >= 0.6 is 0 Å². The van der Waals surface area contributed by atoms with E-state index >= 15 is 0 Å². The first kappa shape index (κ1) is 11.2. The number of nitrogens with two attached hydrogens (primary N) is 1. The van der Waals surface area contributed by atoms with E-state index in [0.29, 0.717) is 6.54 Å². The van der Waals surface area contributed by atoms with Crippen molar-refractivity contribution < 1.29 is 14.3 Å². The fourth-order valence-electron chi connectivity index (χ4n) is 1.18. The molecule has 1 rings (SSSR count). The zero-order chi connectivity index (χ0) is 11.4. The lowest BCUT2D eigenvalue weighted by atomic mass is 10.3. The summed E-state index contributed by atoms with van der Waals surface area (Å²) < 4.78 is 4.39. The van der Waals surface area contributed by atoms with Gasteiger partial charge in [0.05, 0.1) is 13.2 Å². The molecule has 1 aliphatic heterocycles. The molecule has 0 radical (unpaired) electrons. The molecule has 0 spiro atoms. The van der Waals surface area contributed by atoms with E-state index < -0.39 is 5.97 Å². The van der Waals surface area contributed by atoms with Crippen molar-refractivity contribution in [3.63, 3.8) is 0 Å². The van der Waals surface area contributed by atoms with E-state index in [2.05, 4.69) is 9.73 Å². The number of nitrogens with zero attached hydrogens (tertiary/aromatic N) is 2. The van der Waals surface area contributed by atoms with Crippen molar-refractivity contribution in [3.05, 3.63) is 11.8 Å². The predicted molar refractivity (Wildman–Crippen MR) is 53.7 cm³/mol. The van der Waals surface area contributed by atoms with E-state index in [-0.39, 0.29) is 17.6 Å². The highest BCUT2D eigenvalue weighted by Gasteiger charge is 2.28. The summed E-state index contributed by atoms with van der Waals surface area (Å²) in [5.41, 5.74) is 5.55. The molecule has 1 aliphatic rings. The SMILES string of the molecule is CCCN1C(=O)/C(=C/C(=O)OC)N=C1N. The Balaban J connectivity index is 2.85. The lowest BCUT2D eigenvalue weighted by Crippen LogP contribution is -2.37. The maximum Gasteiger partial charge on any atom is 0.332 e. The summed E-state index contributed by atoms with van der Waals surface area (Å²) in [4.78, 5) is 27.6. The van der Waals surface area contributed by atoms with E-state index in [9.17, 15) is 9.59 Å². The van der Waals surface area contributed by atoms with Crippen molar-refractivity contribution in [2.24, 2.45) is 10.7 Å². The average molecular weight is 211 g/mol. The first-order chi connectivity index (χ1) is 7.10. The highest BCUT2D eigenvalue weighted by Crippen LogP contribution is 2.12. The van der Waals surface area contributed by atoms with Crippen LogP contribution in [0.25, 0.3) is 0 Å². The zero-order valence-electron chi connectivity index (χ0n) is 8.69. The van der Waals surface area contributed by atoms with Gasteiger partial charge in [0.15, 0.2) is 0 Å². The van der Waals surface area contributed by atoms with Gasteiger partial charge in [-0.3, -0.25) is 9.69 Å². The van der Waals surface area contributed by atoms with Gasteiger partial charge < -0.3 is 10.5 Å². The number of hydrogen-bond acceptors (Lipinski definition) is 5. The fraction of sp³-hybridized carbons (Fsp3) is 0.444. The molecule has 0 atom stereocenters. The Morgan fingerprint density at radius 1 is 1.67 bits per heavy atom. The molecule has 2 N–H and O–H groups in total. The van der Waals surface area contributed by atoms with Gasteiger partial charge in [0.1, 0.15) is 5.70 Å². The van der Waals surface area contributed by atoms with Crippen LogP contribution < -0.4 is 5.73 Å². The van der Waals surface area contributed by atoms with E-state index in [4.69, 9.17) is 5.73 Å². The Kier molecular flexibility index (Phi) is 3.43. The molecule has 0 aromatic carbocycles. The molecule has 0 aliphatic carbocycles. The second-order valence-corrected chi connectivity index (χ2v) is 2.98. The van der Waals surface area contributed by atoms with Crippen molar-refractivity contribution in [2.75, 3.05) is 13.7 Å². The summed E-state index contributed by atoms with van der Waals surface area (Å²) in [7, 11) is 1.23. The summed E-state index contributed by atoms with van der Waals surface area (Å²) in [6.45, 7) is 2.41. The summed E-state index contributed by atoms with van der Waals surface area (Å²) in [6, 6.07) is 0. The van der Waals surface area contributed by atoms with Gasteiger partial charge in [0, 0.05) is 6.54 Å². The largest absolute Gasteiger partial charge is 0.466 e. The third kappa shape index (κ3) is 2.34. The molecule has 0 aromatic rings. The van der Waals surface area contributed by atoms with Gasteiger partial charge in [-0.25, -0.2) is 9.79 Å². The zero-order valence-corrected chi connectivity index (χ0v) is 8.69. The van der Waals surface area contributed by atoms with Crippen LogP contribution in [0.3, 0.4) is 0 Å². The molecule has 6 heteroatoms. The van der Waals surface area contributed by atoms with E-state index in [1.807, 2.05) is 6.92 Å². The van der Waals surface area contributed by atoms with Gasteiger partial charge in [0.25, 0.3) is 5.91 Å². The van der Waals surface area contributed by atoms with Crippen LogP contribution in [0.4, 0.5) is 0 Å². The summed E-state index contributed by atoms with van der Waals surface area (Å²) >= 11 is 0. The highest BCUT2D eigenvalue weighted by molar-refractivity contribution is 6.13. The Morgan fingerprint density at radius 2 is 2.33 bits per heavy atom. The molecule has 0 fully saturated rings. The monoisotopic (exact) mass is 211 g/mol. The van der Waals surface area contributed by atoms with Crippen LogP contribution in [-0.4, -0.2) is 36.4 Å². The standard InChI is InChI=1S/C9H13N3O3/c1-3-4-12-8(14)6(11-9(12)10)5-7(13)15-2/h5H,3-4H2,1-2H3,(H2,10,11)/b6-5-. The predicted octanol–water partition coefficient (Wildman–Crippen LogP) is -0.390. The Hall–Kier alpha value is -1.85. The number of methoxy groups -OCH3 is 1. The molecule has 0 aromatic heterocycles. The van der Waals surface area contributed by atoms with Crippen molar-refractivity contribution in [1.29, 1.82) is 0 Å². The molecular weight excluding hydrogens is 198 g/mol. The Morgan fingerprint density at radius 3 is 2.87 bits per heavy atom. The van der Waals surface area contributed by atoms with Crippen LogP contribution in [0.15, 0.2) is 16.8 Å². The van der Waals surface area contributed by atoms with Crippen LogP contribution in [0.1, 0.15) is 13.3 Å². The van der Waals surface area contributed by atoms with Gasteiger partial charge >= 0.3 is 5.97 Å². The van der Waals surface area contributed by atoms with Crippen LogP contribution in [0.5, 0.6) is 0 Å². The van der Waals surface area contributed by atoms with Gasteiger partial charge in [-0.1, -0.05) is 6.92 Å². The lowest BCUT2D eigenvalue weighted by Gasteiger charge is -2.12. The fourth-order valence-corrected chi connectivity index (χ4v) is 1.18. The van der Waals surface area contributed by atoms with Crippen molar-refractivity contribution in [3.8, 4) is 0 Å². The van der Waals surface area contributed by atoms with Crippen molar-refractivity contribution in [1.82, 2.24) is 4.90 Å². The molecular formula is C9H13N3O3. The normalized spacial score (nSPS) is 18.3. The van der Waals surface area contributed by atoms with E-state index in [1.165, 1.54) is 12.0 Å². The Bertz CT molecular complexity index is 347. The second kappa shape index (κ2) is 4.59. The minimum atomic E-state index is -0.617. The third-order valence-corrected chi connectivity index (χ3v) is 1.88. The molecule has 1 amide bonds. The van der Waals surface area contributed by atoms with E-state index in [0.717, 1.165) is 12.5 Å². The molecule has 0 saturated heterocycles. The molecule has 0 bridgehead atoms. The molecule has 1 heterocycles. The van der Waals surface area contributed by atoms with E-state index in [1.54, 1.807) is 0 Å². The summed E-state index contributed by atoms with van der Waals surface area (Å²) in [5.74, 6) is -0.856. The summed E-state index contributed by atoms with van der Waals surface area (Å²) in [5, 5.41) is 0. The number of carbonyl (C=O) groups excluding carboxylic acids is 2. The minimum Gasteiger partial charge on any atom is -0.466 e.